The Morgan fingerprint density at radius 3 is 2.63 bits per heavy atom. The van der Waals surface area contributed by atoms with Gasteiger partial charge in [-0.15, -0.1) is 0 Å². The lowest BCUT2D eigenvalue weighted by Crippen LogP contribution is -2.63. The van der Waals surface area contributed by atoms with Gasteiger partial charge in [0.05, 0.1) is 0 Å². The first-order valence-corrected chi connectivity index (χ1v) is 8.11. The molecule has 0 aromatic carbocycles. The van der Waals surface area contributed by atoms with Gasteiger partial charge in [-0.25, -0.2) is 0 Å². The van der Waals surface area contributed by atoms with E-state index in [1.165, 1.54) is 45.2 Å². The number of likely N-dealkylation sites (tertiary alicyclic amines) is 1. The van der Waals surface area contributed by atoms with Crippen LogP contribution in [0.15, 0.2) is 0 Å². The van der Waals surface area contributed by atoms with Crippen molar-refractivity contribution in [2.45, 2.75) is 57.5 Å². The van der Waals surface area contributed by atoms with Crippen molar-refractivity contribution >= 4 is 0 Å². The van der Waals surface area contributed by atoms with Crippen LogP contribution in [-0.4, -0.2) is 55.1 Å². The van der Waals surface area contributed by atoms with E-state index in [0.29, 0.717) is 6.04 Å². The fourth-order valence-corrected chi connectivity index (χ4v) is 4.45. The van der Waals surface area contributed by atoms with Crippen molar-refractivity contribution in [3.63, 3.8) is 0 Å². The van der Waals surface area contributed by atoms with Crippen LogP contribution in [0.4, 0.5) is 0 Å². The molecule has 3 nitrogen and oxygen atoms in total. The van der Waals surface area contributed by atoms with Gasteiger partial charge in [-0.05, 0) is 58.2 Å². The van der Waals surface area contributed by atoms with Crippen molar-refractivity contribution in [3.8, 4) is 0 Å². The maximum absolute atomic E-state index is 6.28. The minimum atomic E-state index is 0.237. The zero-order valence-corrected chi connectivity index (χ0v) is 13.4. The molecule has 0 spiro atoms. The first-order valence-electron chi connectivity index (χ1n) is 8.11. The fourth-order valence-electron chi connectivity index (χ4n) is 4.45. The first kappa shape index (κ1) is 15.3. The van der Waals surface area contributed by atoms with Gasteiger partial charge in [-0.2, -0.15) is 0 Å². The van der Waals surface area contributed by atoms with Gasteiger partial charge in [0.2, 0.25) is 0 Å². The van der Waals surface area contributed by atoms with E-state index in [0.717, 1.165) is 18.4 Å². The van der Waals surface area contributed by atoms with Crippen molar-refractivity contribution in [3.05, 3.63) is 0 Å². The Balaban J connectivity index is 2.14. The van der Waals surface area contributed by atoms with Crippen LogP contribution in [0.25, 0.3) is 0 Å². The summed E-state index contributed by atoms with van der Waals surface area (Å²) in [5.74, 6) is 1.55. The van der Waals surface area contributed by atoms with E-state index in [-0.39, 0.29) is 5.54 Å². The smallest absolute Gasteiger partial charge is 0.0360 e. The van der Waals surface area contributed by atoms with Crippen molar-refractivity contribution in [2.24, 2.45) is 17.6 Å². The molecule has 4 unspecified atom stereocenters. The summed E-state index contributed by atoms with van der Waals surface area (Å²) < 4.78 is 0. The number of nitrogens with zero attached hydrogens (tertiary/aromatic N) is 2. The summed E-state index contributed by atoms with van der Waals surface area (Å²) in [6.07, 6.45) is 6.66. The molecule has 1 heterocycles. The number of hydrogen-bond acceptors (Lipinski definition) is 3. The van der Waals surface area contributed by atoms with Gasteiger partial charge in [0.25, 0.3) is 0 Å². The molecule has 2 aliphatic rings. The highest BCUT2D eigenvalue weighted by atomic mass is 15.3. The molecule has 0 aromatic heterocycles. The SMILES string of the molecule is CC1CCC(C)C(CN)(N(C)C2CCCN(C)C2)C1. The molecule has 0 aromatic rings. The summed E-state index contributed by atoms with van der Waals surface area (Å²) in [4.78, 5) is 5.15. The van der Waals surface area contributed by atoms with Gasteiger partial charge >= 0.3 is 0 Å². The maximum Gasteiger partial charge on any atom is 0.0360 e. The molecule has 2 rings (SSSR count). The Hall–Kier alpha value is -0.120. The topological polar surface area (TPSA) is 32.5 Å². The summed E-state index contributed by atoms with van der Waals surface area (Å²) in [7, 11) is 4.59. The molecule has 2 fully saturated rings. The molecule has 1 saturated heterocycles. The molecule has 112 valence electrons. The van der Waals surface area contributed by atoms with Crippen LogP contribution in [0.2, 0.25) is 0 Å². The zero-order chi connectivity index (χ0) is 14.0. The number of hydrogen-bond donors (Lipinski definition) is 1. The van der Waals surface area contributed by atoms with E-state index in [9.17, 15) is 0 Å². The van der Waals surface area contributed by atoms with Crippen LogP contribution in [0.5, 0.6) is 0 Å². The largest absolute Gasteiger partial charge is 0.329 e. The van der Waals surface area contributed by atoms with E-state index in [2.05, 4.69) is 37.7 Å². The van der Waals surface area contributed by atoms with Crippen LogP contribution >= 0.6 is 0 Å². The van der Waals surface area contributed by atoms with E-state index < -0.39 is 0 Å². The number of nitrogens with two attached hydrogens (primary N) is 1. The van der Waals surface area contributed by atoms with Crippen molar-refractivity contribution in [1.82, 2.24) is 9.80 Å². The Kier molecular flexibility index (Phi) is 4.91. The Labute approximate surface area is 119 Å². The third-order valence-electron chi connectivity index (χ3n) is 5.91. The summed E-state index contributed by atoms with van der Waals surface area (Å²) in [6, 6.07) is 0.690. The molecule has 4 atom stereocenters. The normalized spacial score (nSPS) is 41.7. The van der Waals surface area contributed by atoms with Crippen molar-refractivity contribution in [2.75, 3.05) is 33.7 Å². The van der Waals surface area contributed by atoms with Crippen molar-refractivity contribution < 1.29 is 0 Å². The second-order valence-electron chi connectivity index (χ2n) is 7.26. The number of rotatable bonds is 3. The third kappa shape index (κ3) is 2.98. The first-order chi connectivity index (χ1) is 8.99. The van der Waals surface area contributed by atoms with Crippen LogP contribution < -0.4 is 5.73 Å². The predicted molar refractivity (Wildman–Crippen MR) is 82.2 cm³/mol. The highest BCUT2D eigenvalue weighted by molar-refractivity contribution is 5.01. The van der Waals surface area contributed by atoms with Gasteiger partial charge in [0.1, 0.15) is 0 Å². The fraction of sp³-hybridized carbons (Fsp3) is 1.00. The summed E-state index contributed by atoms with van der Waals surface area (Å²) >= 11 is 0. The van der Waals surface area contributed by atoms with Crippen LogP contribution in [0, 0.1) is 11.8 Å². The lowest BCUT2D eigenvalue weighted by Gasteiger charge is -2.54. The lowest BCUT2D eigenvalue weighted by molar-refractivity contribution is -0.0307. The molecule has 1 aliphatic carbocycles. The average molecular weight is 267 g/mol. The standard InChI is InChI=1S/C16H33N3/c1-13-7-8-14(2)16(10-13,12-17)19(4)15-6-5-9-18(3)11-15/h13-15H,5-12,17H2,1-4H3. The quantitative estimate of drug-likeness (QED) is 0.850. The summed E-state index contributed by atoms with van der Waals surface area (Å²) in [6.45, 7) is 8.10. The summed E-state index contributed by atoms with van der Waals surface area (Å²) in [5.41, 5.74) is 6.51. The van der Waals surface area contributed by atoms with Gasteiger partial charge < -0.3 is 10.6 Å². The second kappa shape index (κ2) is 6.11. The van der Waals surface area contributed by atoms with E-state index in [1.807, 2.05) is 0 Å². The van der Waals surface area contributed by atoms with Crippen LogP contribution in [0.1, 0.15) is 46.0 Å². The monoisotopic (exact) mass is 267 g/mol. The Morgan fingerprint density at radius 2 is 2.00 bits per heavy atom. The summed E-state index contributed by atoms with van der Waals surface area (Å²) in [5, 5.41) is 0. The molecule has 0 radical (unpaired) electrons. The Morgan fingerprint density at radius 1 is 1.26 bits per heavy atom. The minimum absolute atomic E-state index is 0.237. The number of piperidine rings is 1. The van der Waals surface area contributed by atoms with Gasteiger partial charge in [-0.3, -0.25) is 4.90 Å². The molecule has 2 N–H and O–H groups in total. The van der Waals surface area contributed by atoms with E-state index >= 15 is 0 Å². The molecular weight excluding hydrogens is 234 g/mol. The highest BCUT2D eigenvalue weighted by Gasteiger charge is 2.45. The molecule has 1 saturated carbocycles. The predicted octanol–water partition coefficient (Wildman–Crippen LogP) is 2.17. The Bertz CT molecular complexity index is 294. The van der Waals surface area contributed by atoms with Crippen LogP contribution in [0.3, 0.4) is 0 Å². The van der Waals surface area contributed by atoms with Gasteiger partial charge in [0, 0.05) is 24.7 Å². The third-order valence-corrected chi connectivity index (χ3v) is 5.91. The molecule has 3 heteroatoms. The zero-order valence-electron chi connectivity index (χ0n) is 13.4. The highest BCUT2D eigenvalue weighted by Crippen LogP contribution is 2.41. The van der Waals surface area contributed by atoms with Crippen LogP contribution in [-0.2, 0) is 0 Å². The van der Waals surface area contributed by atoms with Crippen molar-refractivity contribution in [1.29, 1.82) is 0 Å². The molecular formula is C16H33N3. The maximum atomic E-state index is 6.28. The lowest BCUT2D eigenvalue weighted by atomic mass is 9.68. The number of likely N-dealkylation sites (N-methyl/N-ethyl adjacent to an activating group) is 2. The molecule has 19 heavy (non-hydrogen) atoms. The minimum Gasteiger partial charge on any atom is -0.329 e. The average Bonchev–Trinajstić information content (AvgIpc) is 2.41. The molecule has 0 amide bonds. The second-order valence-corrected chi connectivity index (χ2v) is 7.26. The van der Waals surface area contributed by atoms with Gasteiger partial charge in [-0.1, -0.05) is 20.3 Å². The van der Waals surface area contributed by atoms with Gasteiger partial charge in [0.15, 0.2) is 0 Å². The molecule has 0 bridgehead atoms. The van der Waals surface area contributed by atoms with E-state index in [1.54, 1.807) is 0 Å². The molecule has 1 aliphatic heterocycles. The van der Waals surface area contributed by atoms with E-state index in [4.69, 9.17) is 5.73 Å².